The van der Waals surface area contributed by atoms with E-state index in [9.17, 15) is 36.7 Å². The number of sulfonamides is 1. The molecule has 1 aliphatic rings. The Balaban J connectivity index is 1.58. The summed E-state index contributed by atoms with van der Waals surface area (Å²) in [5, 5.41) is 12.9. The summed E-state index contributed by atoms with van der Waals surface area (Å²) in [4.78, 5) is 40.6. The fourth-order valence-corrected chi connectivity index (χ4v) is 5.27. The van der Waals surface area contributed by atoms with E-state index in [1.807, 2.05) is 0 Å². The van der Waals surface area contributed by atoms with Crippen molar-refractivity contribution in [1.29, 1.82) is 0 Å². The number of rotatable bonds is 10. The van der Waals surface area contributed by atoms with Gasteiger partial charge in [0.25, 0.3) is 12.0 Å². The summed E-state index contributed by atoms with van der Waals surface area (Å²) < 4.78 is 59.7. The van der Waals surface area contributed by atoms with E-state index in [1.165, 1.54) is 0 Å². The van der Waals surface area contributed by atoms with Crippen molar-refractivity contribution in [2.75, 3.05) is 6.54 Å². The number of aromatic nitrogens is 4. The van der Waals surface area contributed by atoms with Crippen LogP contribution in [0.2, 0.25) is 10.0 Å². The molecular formula is C22H19Cl2F2N5O7S. The Kier molecular flexibility index (Phi) is 8.34. The average molecular weight is 606 g/mol. The van der Waals surface area contributed by atoms with Crippen LogP contribution >= 0.6 is 23.2 Å². The number of carbonyl (C=O) groups excluding carboxylic acids is 1. The maximum absolute atomic E-state index is 13.1. The summed E-state index contributed by atoms with van der Waals surface area (Å²) in [5.74, 6) is -1.39. The number of aromatic amines is 1. The normalized spacial score (nSPS) is 13.9. The number of ether oxygens (including phenoxy) is 1. The van der Waals surface area contributed by atoms with Gasteiger partial charge in [-0.05, 0) is 18.1 Å². The summed E-state index contributed by atoms with van der Waals surface area (Å²) >= 11 is 12.4. The van der Waals surface area contributed by atoms with Gasteiger partial charge in [0.1, 0.15) is 10.7 Å². The van der Waals surface area contributed by atoms with Gasteiger partial charge >= 0.3 is 5.69 Å². The minimum absolute atomic E-state index is 0.196. The number of nitrogens with one attached hydrogen (secondary N) is 2. The van der Waals surface area contributed by atoms with Gasteiger partial charge in [0.15, 0.2) is 17.2 Å². The van der Waals surface area contributed by atoms with Crippen LogP contribution in [0.25, 0.3) is 5.69 Å². The van der Waals surface area contributed by atoms with Crippen LogP contribution in [-0.4, -0.2) is 45.6 Å². The SMILES string of the molecule is O=C(CNS(=O)(=O)c1cc(Oc2c(Cl)cc(-n3nc(C(F)F)c(=O)[nH]c3=O)cc2Cl)ncc1O)CC1CCC1. The van der Waals surface area contributed by atoms with E-state index in [1.54, 1.807) is 4.98 Å². The number of nitrogens with zero attached hydrogens (tertiary/aromatic N) is 3. The molecular weight excluding hydrogens is 587 g/mol. The molecule has 3 N–H and O–H groups in total. The van der Waals surface area contributed by atoms with Gasteiger partial charge in [0.05, 0.1) is 28.5 Å². The monoisotopic (exact) mass is 605 g/mol. The second-order valence-corrected chi connectivity index (χ2v) is 11.1. The zero-order chi connectivity index (χ0) is 28.5. The van der Waals surface area contributed by atoms with Crippen molar-refractivity contribution in [2.24, 2.45) is 5.92 Å². The first kappa shape index (κ1) is 28.6. The minimum atomic E-state index is -4.35. The molecule has 1 fully saturated rings. The molecule has 17 heteroatoms. The van der Waals surface area contributed by atoms with Gasteiger partial charge in [-0.25, -0.2) is 31.7 Å². The summed E-state index contributed by atoms with van der Waals surface area (Å²) in [7, 11) is -4.35. The van der Waals surface area contributed by atoms with Crippen LogP contribution in [0.1, 0.15) is 37.8 Å². The Bertz CT molecular complexity index is 1640. The first-order valence-electron chi connectivity index (χ1n) is 11.2. The summed E-state index contributed by atoms with van der Waals surface area (Å²) in [5.41, 5.74) is -3.90. The number of ketones is 1. The van der Waals surface area contributed by atoms with Crippen LogP contribution in [0.4, 0.5) is 8.78 Å². The molecule has 0 radical (unpaired) electrons. The maximum Gasteiger partial charge on any atom is 0.349 e. The first-order chi connectivity index (χ1) is 18.4. The fraction of sp³-hybridized carbons (Fsp3) is 0.318. The molecule has 3 aromatic rings. The molecule has 208 valence electrons. The Labute approximate surface area is 228 Å². The first-order valence-corrected chi connectivity index (χ1v) is 13.5. The fourth-order valence-electron chi connectivity index (χ4n) is 3.63. The largest absolute Gasteiger partial charge is 0.505 e. The third-order valence-corrected chi connectivity index (χ3v) is 7.80. The van der Waals surface area contributed by atoms with Gasteiger partial charge in [-0.2, -0.15) is 9.78 Å². The van der Waals surface area contributed by atoms with Crippen molar-refractivity contribution in [3.05, 3.63) is 61.0 Å². The zero-order valence-corrected chi connectivity index (χ0v) is 22.0. The summed E-state index contributed by atoms with van der Waals surface area (Å²) in [6.45, 7) is -0.457. The van der Waals surface area contributed by atoms with Crippen LogP contribution in [-0.2, 0) is 14.8 Å². The Morgan fingerprint density at radius 1 is 1.23 bits per heavy atom. The molecule has 4 rings (SSSR count). The summed E-state index contributed by atoms with van der Waals surface area (Å²) in [6.07, 6.45) is 0.672. The molecule has 0 amide bonds. The van der Waals surface area contributed by atoms with Gasteiger partial charge in [0, 0.05) is 12.5 Å². The molecule has 2 heterocycles. The third-order valence-electron chi connectivity index (χ3n) is 5.81. The number of H-pyrrole nitrogens is 1. The lowest BCUT2D eigenvalue weighted by Gasteiger charge is -2.24. The van der Waals surface area contributed by atoms with Crippen LogP contribution in [0, 0.1) is 5.92 Å². The van der Waals surface area contributed by atoms with E-state index < -0.39 is 50.6 Å². The number of aromatic hydroxyl groups is 1. The van der Waals surface area contributed by atoms with Crippen molar-refractivity contribution < 1.29 is 31.8 Å². The Hall–Kier alpha value is -3.40. The number of halogens is 4. The number of Topliss-reactive ketones (excluding diaryl/α,β-unsaturated/α-hetero) is 1. The average Bonchev–Trinajstić information content (AvgIpc) is 2.83. The van der Waals surface area contributed by atoms with Crippen molar-refractivity contribution in [3.63, 3.8) is 0 Å². The zero-order valence-electron chi connectivity index (χ0n) is 19.7. The van der Waals surface area contributed by atoms with Crippen molar-refractivity contribution >= 4 is 39.0 Å². The lowest BCUT2D eigenvalue weighted by Crippen LogP contribution is -2.34. The predicted molar refractivity (Wildman–Crippen MR) is 134 cm³/mol. The van der Waals surface area contributed by atoms with E-state index in [-0.39, 0.29) is 45.5 Å². The topological polar surface area (TPSA) is 173 Å². The van der Waals surface area contributed by atoms with Crippen LogP contribution in [0.5, 0.6) is 17.4 Å². The lowest BCUT2D eigenvalue weighted by molar-refractivity contribution is -0.119. The number of hydrogen-bond donors (Lipinski definition) is 3. The highest BCUT2D eigenvalue weighted by molar-refractivity contribution is 7.89. The number of benzene rings is 1. The molecule has 1 saturated carbocycles. The number of alkyl halides is 2. The molecule has 12 nitrogen and oxygen atoms in total. The van der Waals surface area contributed by atoms with Crippen LogP contribution in [0.15, 0.2) is 38.9 Å². The van der Waals surface area contributed by atoms with E-state index in [4.69, 9.17) is 27.9 Å². The van der Waals surface area contributed by atoms with E-state index >= 15 is 0 Å². The molecule has 0 saturated heterocycles. The van der Waals surface area contributed by atoms with Gasteiger partial charge < -0.3 is 9.84 Å². The molecule has 1 aromatic carbocycles. The summed E-state index contributed by atoms with van der Waals surface area (Å²) in [6, 6.07) is 3.01. The van der Waals surface area contributed by atoms with Crippen molar-refractivity contribution in [2.45, 2.75) is 37.0 Å². The standard InChI is InChI=1S/C22H19Cl2F2N5O7S/c23-13-5-11(31-22(35)29-21(34)18(30-31)20(25)26)6-14(24)19(13)38-17-7-16(15(33)9-27-17)39(36,37)28-8-12(32)4-10-2-1-3-10/h5-7,9-10,20,28,33H,1-4,8H2,(H,29,34,35). The highest BCUT2D eigenvalue weighted by Gasteiger charge is 2.25. The minimum Gasteiger partial charge on any atom is -0.505 e. The Morgan fingerprint density at radius 3 is 2.49 bits per heavy atom. The van der Waals surface area contributed by atoms with E-state index in [0.717, 1.165) is 43.7 Å². The van der Waals surface area contributed by atoms with E-state index in [2.05, 4.69) is 14.8 Å². The maximum atomic E-state index is 13.1. The Morgan fingerprint density at radius 2 is 1.90 bits per heavy atom. The lowest BCUT2D eigenvalue weighted by atomic mass is 9.82. The smallest absolute Gasteiger partial charge is 0.349 e. The van der Waals surface area contributed by atoms with Gasteiger partial charge in [0.2, 0.25) is 15.9 Å². The molecule has 39 heavy (non-hydrogen) atoms. The van der Waals surface area contributed by atoms with Gasteiger partial charge in [-0.1, -0.05) is 42.5 Å². The predicted octanol–water partition coefficient (Wildman–Crippen LogP) is 3.10. The highest BCUT2D eigenvalue weighted by atomic mass is 35.5. The number of pyridine rings is 1. The molecule has 0 atom stereocenters. The number of hydrogen-bond acceptors (Lipinski definition) is 9. The van der Waals surface area contributed by atoms with E-state index in [0.29, 0.717) is 4.68 Å². The quantitative estimate of drug-likeness (QED) is 0.313. The third kappa shape index (κ3) is 6.43. The molecule has 1 aliphatic carbocycles. The molecule has 0 spiro atoms. The van der Waals surface area contributed by atoms with Gasteiger partial charge in [-0.3, -0.25) is 14.6 Å². The van der Waals surface area contributed by atoms with Crippen LogP contribution < -0.4 is 20.7 Å². The second kappa shape index (κ2) is 11.4. The molecule has 0 aliphatic heterocycles. The van der Waals surface area contributed by atoms with Crippen molar-refractivity contribution in [1.82, 2.24) is 24.5 Å². The van der Waals surface area contributed by atoms with Crippen LogP contribution in [0.3, 0.4) is 0 Å². The molecule has 0 bridgehead atoms. The second-order valence-electron chi connectivity index (χ2n) is 8.55. The molecule has 0 unspecified atom stereocenters. The highest BCUT2D eigenvalue weighted by Crippen LogP contribution is 2.38. The van der Waals surface area contributed by atoms with Gasteiger partial charge in [-0.15, -0.1) is 0 Å². The number of carbonyl (C=O) groups is 1. The molecule has 2 aromatic heterocycles. The van der Waals surface area contributed by atoms with Crippen molar-refractivity contribution in [3.8, 4) is 23.1 Å².